The van der Waals surface area contributed by atoms with Crippen molar-refractivity contribution in [2.75, 3.05) is 6.61 Å². The zero-order valence-corrected chi connectivity index (χ0v) is 15.1. The Morgan fingerprint density at radius 1 is 1.11 bits per heavy atom. The quantitative estimate of drug-likeness (QED) is 0.443. The predicted molar refractivity (Wildman–Crippen MR) is 104 cm³/mol. The predicted octanol–water partition coefficient (Wildman–Crippen LogP) is 5.55. The van der Waals surface area contributed by atoms with Gasteiger partial charge in [-0.05, 0) is 47.5 Å². The van der Waals surface area contributed by atoms with E-state index >= 15 is 0 Å². The van der Waals surface area contributed by atoms with Crippen LogP contribution in [0.3, 0.4) is 0 Å². The SMILES string of the molecule is O=C(O)CCCOc1cc2ccccc2cc1-c1nc2cc(Cl)ccc2o1. The van der Waals surface area contributed by atoms with Gasteiger partial charge >= 0.3 is 5.97 Å². The molecule has 0 aliphatic carbocycles. The molecule has 0 amide bonds. The van der Waals surface area contributed by atoms with Crippen LogP contribution in [0.25, 0.3) is 33.3 Å². The lowest BCUT2D eigenvalue weighted by Crippen LogP contribution is -2.03. The molecule has 0 radical (unpaired) electrons. The molecule has 0 spiro atoms. The van der Waals surface area contributed by atoms with Crippen LogP contribution < -0.4 is 4.74 Å². The highest BCUT2D eigenvalue weighted by molar-refractivity contribution is 6.31. The van der Waals surface area contributed by atoms with Gasteiger partial charge in [-0.1, -0.05) is 35.9 Å². The first kappa shape index (κ1) is 17.4. The average Bonchev–Trinajstić information content (AvgIpc) is 3.07. The first-order valence-electron chi connectivity index (χ1n) is 8.54. The molecule has 0 aliphatic rings. The van der Waals surface area contributed by atoms with Gasteiger partial charge in [-0.2, -0.15) is 0 Å². The number of carboxylic acids is 1. The number of carboxylic acid groups (broad SMARTS) is 1. The highest BCUT2D eigenvalue weighted by Gasteiger charge is 2.15. The lowest BCUT2D eigenvalue weighted by molar-refractivity contribution is -0.137. The molecule has 27 heavy (non-hydrogen) atoms. The second kappa shape index (κ2) is 7.29. The standard InChI is InChI=1S/C21H16ClNO4/c22-15-7-8-18-17(12-15)23-21(27-18)16-10-13-4-1-2-5-14(13)11-19(16)26-9-3-6-20(24)25/h1-2,4-5,7-8,10-12H,3,6,9H2,(H,24,25). The average molecular weight is 382 g/mol. The van der Waals surface area contributed by atoms with Crippen molar-refractivity contribution in [3.05, 3.63) is 59.6 Å². The molecule has 0 saturated heterocycles. The van der Waals surface area contributed by atoms with Crippen LogP contribution in [0.1, 0.15) is 12.8 Å². The zero-order valence-electron chi connectivity index (χ0n) is 14.3. The van der Waals surface area contributed by atoms with Gasteiger partial charge in [0.2, 0.25) is 5.89 Å². The van der Waals surface area contributed by atoms with E-state index in [-0.39, 0.29) is 6.42 Å². The Hall–Kier alpha value is -3.05. The van der Waals surface area contributed by atoms with Crippen molar-refractivity contribution in [2.45, 2.75) is 12.8 Å². The van der Waals surface area contributed by atoms with Crippen molar-refractivity contribution in [3.8, 4) is 17.2 Å². The Kier molecular flexibility index (Phi) is 4.69. The van der Waals surface area contributed by atoms with E-state index in [1.54, 1.807) is 18.2 Å². The van der Waals surface area contributed by atoms with Gasteiger partial charge < -0.3 is 14.3 Å². The second-order valence-corrected chi connectivity index (χ2v) is 6.61. The molecule has 1 N–H and O–H groups in total. The van der Waals surface area contributed by atoms with Gasteiger partial charge in [-0.3, -0.25) is 4.79 Å². The fourth-order valence-corrected chi connectivity index (χ4v) is 3.09. The molecule has 4 aromatic rings. The Balaban J connectivity index is 1.76. The summed E-state index contributed by atoms with van der Waals surface area (Å²) in [7, 11) is 0. The molecular weight excluding hydrogens is 366 g/mol. The van der Waals surface area contributed by atoms with Gasteiger partial charge in [0, 0.05) is 11.4 Å². The molecule has 4 rings (SSSR count). The van der Waals surface area contributed by atoms with Crippen molar-refractivity contribution in [1.82, 2.24) is 4.98 Å². The number of fused-ring (bicyclic) bond motifs is 2. The van der Waals surface area contributed by atoms with Gasteiger partial charge in [-0.15, -0.1) is 0 Å². The third-order valence-corrected chi connectivity index (χ3v) is 4.46. The largest absolute Gasteiger partial charge is 0.493 e. The minimum Gasteiger partial charge on any atom is -0.493 e. The number of nitrogens with zero attached hydrogens (tertiary/aromatic N) is 1. The van der Waals surface area contributed by atoms with E-state index in [2.05, 4.69) is 4.98 Å². The van der Waals surface area contributed by atoms with Gasteiger partial charge in [0.1, 0.15) is 11.3 Å². The number of benzene rings is 3. The molecule has 1 aromatic heterocycles. The highest BCUT2D eigenvalue weighted by Crippen LogP contribution is 2.36. The Labute approximate surface area is 160 Å². The van der Waals surface area contributed by atoms with Crippen molar-refractivity contribution in [1.29, 1.82) is 0 Å². The van der Waals surface area contributed by atoms with Crippen molar-refractivity contribution < 1.29 is 19.1 Å². The summed E-state index contributed by atoms with van der Waals surface area (Å²) in [5, 5.41) is 11.4. The van der Waals surface area contributed by atoms with E-state index in [9.17, 15) is 4.79 Å². The summed E-state index contributed by atoms with van der Waals surface area (Å²) in [6, 6.07) is 17.1. The van der Waals surface area contributed by atoms with Gasteiger partial charge in [-0.25, -0.2) is 4.98 Å². The van der Waals surface area contributed by atoms with E-state index in [1.807, 2.05) is 36.4 Å². The summed E-state index contributed by atoms with van der Waals surface area (Å²) in [6.45, 7) is 0.295. The van der Waals surface area contributed by atoms with Crippen LogP contribution in [-0.2, 0) is 4.79 Å². The highest BCUT2D eigenvalue weighted by atomic mass is 35.5. The third kappa shape index (κ3) is 3.73. The van der Waals surface area contributed by atoms with Crippen molar-refractivity contribution in [3.63, 3.8) is 0 Å². The molecule has 5 nitrogen and oxygen atoms in total. The number of hydrogen-bond acceptors (Lipinski definition) is 4. The monoisotopic (exact) mass is 381 g/mol. The molecule has 0 bridgehead atoms. The Morgan fingerprint density at radius 3 is 2.67 bits per heavy atom. The van der Waals surface area contributed by atoms with E-state index in [4.69, 9.17) is 25.9 Å². The van der Waals surface area contributed by atoms with Crippen LogP contribution in [0.4, 0.5) is 0 Å². The fraction of sp³-hybridized carbons (Fsp3) is 0.143. The minimum atomic E-state index is -0.840. The Morgan fingerprint density at radius 2 is 1.89 bits per heavy atom. The second-order valence-electron chi connectivity index (χ2n) is 6.17. The fourth-order valence-electron chi connectivity index (χ4n) is 2.93. The van der Waals surface area contributed by atoms with E-state index in [0.717, 1.165) is 16.3 Å². The van der Waals surface area contributed by atoms with E-state index in [0.29, 0.717) is 40.8 Å². The zero-order chi connectivity index (χ0) is 18.8. The molecule has 0 atom stereocenters. The minimum absolute atomic E-state index is 0.0598. The van der Waals surface area contributed by atoms with Crippen molar-refractivity contribution >= 4 is 39.4 Å². The smallest absolute Gasteiger partial charge is 0.303 e. The van der Waals surface area contributed by atoms with E-state index < -0.39 is 5.97 Å². The summed E-state index contributed by atoms with van der Waals surface area (Å²) in [5.41, 5.74) is 2.03. The molecule has 3 aromatic carbocycles. The lowest BCUT2D eigenvalue weighted by atomic mass is 10.1. The first-order chi connectivity index (χ1) is 13.1. The maximum absolute atomic E-state index is 10.7. The molecule has 1 heterocycles. The lowest BCUT2D eigenvalue weighted by Gasteiger charge is -2.11. The molecule has 0 aliphatic heterocycles. The van der Waals surface area contributed by atoms with Crippen LogP contribution in [0, 0.1) is 0 Å². The molecule has 0 unspecified atom stereocenters. The maximum Gasteiger partial charge on any atom is 0.303 e. The maximum atomic E-state index is 10.7. The van der Waals surface area contributed by atoms with Crippen LogP contribution >= 0.6 is 11.6 Å². The Bertz CT molecular complexity index is 1140. The van der Waals surface area contributed by atoms with E-state index in [1.165, 1.54) is 0 Å². The summed E-state index contributed by atoms with van der Waals surface area (Å²) < 4.78 is 11.8. The van der Waals surface area contributed by atoms with Gasteiger partial charge in [0.15, 0.2) is 5.58 Å². The number of ether oxygens (including phenoxy) is 1. The summed E-state index contributed by atoms with van der Waals surface area (Å²) in [6.07, 6.45) is 0.481. The first-order valence-corrected chi connectivity index (χ1v) is 8.92. The molecule has 136 valence electrons. The van der Waals surface area contributed by atoms with Crippen LogP contribution in [0.2, 0.25) is 5.02 Å². The number of aromatic nitrogens is 1. The van der Waals surface area contributed by atoms with Gasteiger partial charge in [0.25, 0.3) is 0 Å². The van der Waals surface area contributed by atoms with Crippen LogP contribution in [0.5, 0.6) is 5.75 Å². The third-order valence-electron chi connectivity index (χ3n) is 4.22. The summed E-state index contributed by atoms with van der Waals surface area (Å²) >= 11 is 6.04. The van der Waals surface area contributed by atoms with Crippen LogP contribution in [-0.4, -0.2) is 22.7 Å². The normalized spacial score (nSPS) is 11.1. The molecular formula is C21H16ClNO4. The number of oxazole rings is 1. The molecule has 6 heteroatoms. The molecule has 0 saturated carbocycles. The molecule has 0 fully saturated rings. The number of halogens is 1. The van der Waals surface area contributed by atoms with Gasteiger partial charge in [0.05, 0.1) is 12.2 Å². The number of hydrogen-bond donors (Lipinski definition) is 1. The number of carbonyl (C=O) groups is 1. The number of rotatable bonds is 6. The summed E-state index contributed by atoms with van der Waals surface area (Å²) in [4.78, 5) is 15.3. The topological polar surface area (TPSA) is 72.6 Å². The number of aliphatic carboxylic acids is 1. The van der Waals surface area contributed by atoms with Crippen molar-refractivity contribution in [2.24, 2.45) is 0 Å². The van der Waals surface area contributed by atoms with Crippen LogP contribution in [0.15, 0.2) is 59.0 Å². The summed E-state index contributed by atoms with van der Waals surface area (Å²) in [5.74, 6) is 0.205.